The van der Waals surface area contributed by atoms with Crippen LogP contribution in [0.4, 0.5) is 4.79 Å². The highest BCUT2D eigenvalue weighted by atomic mass is 16.5. The van der Waals surface area contributed by atoms with Crippen molar-refractivity contribution < 1.29 is 19.4 Å². The van der Waals surface area contributed by atoms with Crippen molar-refractivity contribution in [2.24, 2.45) is 0 Å². The second-order valence-electron chi connectivity index (χ2n) is 4.73. The summed E-state index contributed by atoms with van der Waals surface area (Å²) in [5.74, 6) is -0.927. The molecular formula is C11H20N2O4. The van der Waals surface area contributed by atoms with Crippen LogP contribution in [-0.2, 0) is 9.53 Å². The lowest BCUT2D eigenvalue weighted by Crippen LogP contribution is -2.47. The molecule has 0 radical (unpaired) electrons. The van der Waals surface area contributed by atoms with Crippen molar-refractivity contribution in [1.82, 2.24) is 10.6 Å². The van der Waals surface area contributed by atoms with Gasteiger partial charge >= 0.3 is 12.0 Å². The van der Waals surface area contributed by atoms with Crippen LogP contribution < -0.4 is 10.6 Å². The highest BCUT2D eigenvalue weighted by Gasteiger charge is 2.30. The van der Waals surface area contributed by atoms with Gasteiger partial charge in [-0.15, -0.1) is 0 Å². The first-order valence-corrected chi connectivity index (χ1v) is 5.81. The Bertz CT molecular complexity index is 287. The van der Waals surface area contributed by atoms with Crippen LogP contribution in [0, 0.1) is 0 Å². The third kappa shape index (κ3) is 5.04. The topological polar surface area (TPSA) is 87.7 Å². The van der Waals surface area contributed by atoms with Crippen molar-refractivity contribution in [2.45, 2.75) is 44.8 Å². The van der Waals surface area contributed by atoms with Gasteiger partial charge in [0.15, 0.2) is 0 Å². The second-order valence-corrected chi connectivity index (χ2v) is 4.73. The Morgan fingerprint density at radius 1 is 1.53 bits per heavy atom. The van der Waals surface area contributed by atoms with E-state index in [1.807, 2.05) is 6.92 Å². The standard InChI is InChI=1S/C11H20N2O4/c1-8(6-9(14)15)13-10(16)12-7-11(2)4-3-5-17-11/h8H,3-7H2,1-2H3,(H,14,15)(H2,12,13,16). The highest BCUT2D eigenvalue weighted by molar-refractivity contribution is 5.75. The van der Waals surface area contributed by atoms with Crippen molar-refractivity contribution >= 4 is 12.0 Å². The van der Waals surface area contributed by atoms with Gasteiger partial charge in [0.25, 0.3) is 0 Å². The average Bonchev–Trinajstić information content (AvgIpc) is 2.61. The number of urea groups is 1. The van der Waals surface area contributed by atoms with Gasteiger partial charge in [0.2, 0.25) is 0 Å². The number of amides is 2. The fraction of sp³-hybridized carbons (Fsp3) is 0.818. The number of carbonyl (C=O) groups is 2. The van der Waals surface area contributed by atoms with Crippen LogP contribution in [0.5, 0.6) is 0 Å². The van der Waals surface area contributed by atoms with E-state index in [4.69, 9.17) is 9.84 Å². The summed E-state index contributed by atoms with van der Waals surface area (Å²) in [6, 6.07) is -0.736. The molecule has 1 heterocycles. The Balaban J connectivity index is 2.23. The van der Waals surface area contributed by atoms with E-state index in [-0.39, 0.29) is 24.1 Å². The lowest BCUT2D eigenvalue weighted by atomic mass is 10.0. The van der Waals surface area contributed by atoms with Crippen molar-refractivity contribution in [1.29, 1.82) is 0 Å². The molecule has 17 heavy (non-hydrogen) atoms. The summed E-state index contributed by atoms with van der Waals surface area (Å²) >= 11 is 0. The number of carbonyl (C=O) groups excluding carboxylic acids is 1. The minimum atomic E-state index is -0.927. The number of aliphatic carboxylic acids is 1. The van der Waals surface area contributed by atoms with E-state index in [0.29, 0.717) is 6.54 Å². The molecule has 0 aromatic heterocycles. The van der Waals surface area contributed by atoms with Crippen LogP contribution in [-0.4, -0.2) is 41.9 Å². The molecule has 98 valence electrons. The van der Waals surface area contributed by atoms with Crippen LogP contribution in [0.25, 0.3) is 0 Å². The van der Waals surface area contributed by atoms with E-state index in [1.54, 1.807) is 6.92 Å². The average molecular weight is 244 g/mol. The number of hydrogen-bond donors (Lipinski definition) is 3. The number of nitrogens with one attached hydrogen (secondary N) is 2. The molecule has 3 N–H and O–H groups in total. The Kier molecular flexibility index (Phi) is 4.74. The van der Waals surface area contributed by atoms with E-state index < -0.39 is 5.97 Å². The molecule has 2 atom stereocenters. The predicted octanol–water partition coefficient (Wildman–Crippen LogP) is 0.718. The zero-order valence-electron chi connectivity index (χ0n) is 10.3. The third-order valence-corrected chi connectivity index (χ3v) is 2.78. The maximum absolute atomic E-state index is 11.5. The summed E-state index contributed by atoms with van der Waals surface area (Å²) in [6.07, 6.45) is 1.86. The fourth-order valence-corrected chi connectivity index (χ4v) is 1.83. The summed E-state index contributed by atoms with van der Waals surface area (Å²) < 4.78 is 5.52. The molecule has 1 rings (SSSR count). The minimum absolute atomic E-state index is 0.0822. The summed E-state index contributed by atoms with van der Waals surface area (Å²) in [5.41, 5.74) is -0.284. The van der Waals surface area contributed by atoms with Gasteiger partial charge in [-0.3, -0.25) is 4.79 Å². The molecule has 0 spiro atoms. The molecule has 1 aliphatic heterocycles. The molecule has 2 amide bonds. The molecule has 6 heteroatoms. The van der Waals surface area contributed by atoms with Crippen LogP contribution >= 0.6 is 0 Å². The third-order valence-electron chi connectivity index (χ3n) is 2.78. The first-order valence-electron chi connectivity index (χ1n) is 5.81. The first-order chi connectivity index (χ1) is 7.91. The molecule has 0 saturated carbocycles. The largest absolute Gasteiger partial charge is 0.481 e. The van der Waals surface area contributed by atoms with E-state index >= 15 is 0 Å². The van der Waals surface area contributed by atoms with Crippen LogP contribution in [0.1, 0.15) is 33.1 Å². The van der Waals surface area contributed by atoms with Crippen molar-refractivity contribution in [3.05, 3.63) is 0 Å². The summed E-state index contributed by atoms with van der Waals surface area (Å²) in [7, 11) is 0. The van der Waals surface area contributed by atoms with Gasteiger partial charge in [0, 0.05) is 19.2 Å². The lowest BCUT2D eigenvalue weighted by molar-refractivity contribution is -0.137. The second kappa shape index (κ2) is 5.86. The smallest absolute Gasteiger partial charge is 0.315 e. The quantitative estimate of drug-likeness (QED) is 0.665. The molecule has 0 aromatic carbocycles. The molecule has 0 aromatic rings. The van der Waals surface area contributed by atoms with E-state index in [1.165, 1.54) is 0 Å². The minimum Gasteiger partial charge on any atom is -0.481 e. The predicted molar refractivity (Wildman–Crippen MR) is 61.8 cm³/mol. The van der Waals surface area contributed by atoms with Gasteiger partial charge in [0.05, 0.1) is 12.0 Å². The highest BCUT2D eigenvalue weighted by Crippen LogP contribution is 2.23. The Hall–Kier alpha value is -1.30. The molecule has 0 aliphatic carbocycles. The number of carboxylic acids is 1. The maximum atomic E-state index is 11.5. The maximum Gasteiger partial charge on any atom is 0.315 e. The molecule has 1 saturated heterocycles. The number of carboxylic acid groups (broad SMARTS) is 1. The number of hydrogen-bond acceptors (Lipinski definition) is 3. The zero-order valence-corrected chi connectivity index (χ0v) is 10.3. The molecule has 1 aliphatic rings. The van der Waals surface area contributed by atoms with Crippen LogP contribution in [0.3, 0.4) is 0 Å². The Morgan fingerprint density at radius 3 is 2.76 bits per heavy atom. The molecule has 2 unspecified atom stereocenters. The van der Waals surface area contributed by atoms with Gasteiger partial charge in [0.1, 0.15) is 0 Å². The van der Waals surface area contributed by atoms with Crippen molar-refractivity contribution in [3.63, 3.8) is 0 Å². The van der Waals surface area contributed by atoms with Crippen LogP contribution in [0.15, 0.2) is 0 Å². The van der Waals surface area contributed by atoms with Crippen molar-refractivity contribution in [2.75, 3.05) is 13.2 Å². The van der Waals surface area contributed by atoms with Gasteiger partial charge in [-0.05, 0) is 26.7 Å². The molecular weight excluding hydrogens is 224 g/mol. The summed E-state index contributed by atoms with van der Waals surface area (Å²) in [6.45, 7) is 4.79. The van der Waals surface area contributed by atoms with E-state index in [2.05, 4.69) is 10.6 Å². The Labute approximate surface area is 101 Å². The van der Waals surface area contributed by atoms with E-state index in [9.17, 15) is 9.59 Å². The molecule has 6 nitrogen and oxygen atoms in total. The SMILES string of the molecule is CC(CC(=O)O)NC(=O)NCC1(C)CCCO1. The molecule has 1 fully saturated rings. The van der Waals surface area contributed by atoms with Gasteiger partial charge in [-0.25, -0.2) is 4.79 Å². The van der Waals surface area contributed by atoms with Crippen molar-refractivity contribution in [3.8, 4) is 0 Å². The number of ether oxygens (including phenoxy) is 1. The first kappa shape index (κ1) is 13.8. The van der Waals surface area contributed by atoms with Crippen LogP contribution in [0.2, 0.25) is 0 Å². The monoisotopic (exact) mass is 244 g/mol. The lowest BCUT2D eigenvalue weighted by Gasteiger charge is -2.24. The Morgan fingerprint density at radius 2 is 2.24 bits per heavy atom. The molecule has 0 bridgehead atoms. The fourth-order valence-electron chi connectivity index (χ4n) is 1.83. The van der Waals surface area contributed by atoms with Gasteiger partial charge < -0.3 is 20.5 Å². The summed E-state index contributed by atoms with van der Waals surface area (Å²) in [5, 5.41) is 13.8. The van der Waals surface area contributed by atoms with E-state index in [0.717, 1.165) is 19.4 Å². The zero-order chi connectivity index (χ0) is 12.9. The van der Waals surface area contributed by atoms with Gasteiger partial charge in [-0.2, -0.15) is 0 Å². The normalized spacial score (nSPS) is 25.3. The summed E-state index contributed by atoms with van der Waals surface area (Å²) in [4.78, 5) is 21.9. The number of rotatable bonds is 5. The van der Waals surface area contributed by atoms with Gasteiger partial charge in [-0.1, -0.05) is 0 Å².